The molecule has 7 heteroatoms. The second-order valence-corrected chi connectivity index (χ2v) is 4.96. The topological polar surface area (TPSA) is 96.9 Å². The van der Waals surface area contributed by atoms with Gasteiger partial charge in [-0.1, -0.05) is 18.2 Å². The molecule has 24 heavy (non-hydrogen) atoms. The van der Waals surface area contributed by atoms with Crippen LogP contribution in [0.1, 0.15) is 0 Å². The van der Waals surface area contributed by atoms with Crippen LogP contribution in [0, 0.1) is 0 Å². The summed E-state index contributed by atoms with van der Waals surface area (Å²) >= 11 is 0. The number of carbonyl (C=O) groups is 1. The Morgan fingerprint density at radius 1 is 1.00 bits per heavy atom. The number of nitrogens with one attached hydrogen (secondary N) is 2. The molecule has 0 aliphatic carbocycles. The number of carbonyl (C=O) groups excluding carboxylic acids is 1. The molecule has 0 heterocycles. The van der Waals surface area contributed by atoms with E-state index >= 15 is 0 Å². The Balaban J connectivity index is 1.91. The fourth-order valence-corrected chi connectivity index (χ4v) is 2.28. The second kappa shape index (κ2) is 6.33. The molecule has 3 rings (SSSR count). The number of hydrogen-bond acceptors (Lipinski definition) is 5. The molecule has 7 nitrogen and oxygen atoms in total. The first-order valence-electron chi connectivity index (χ1n) is 7.07. The highest BCUT2D eigenvalue weighted by atomic mass is 16.5. The van der Waals surface area contributed by atoms with Gasteiger partial charge in [-0.25, -0.2) is 10.2 Å². The average molecular weight is 323 g/mol. The summed E-state index contributed by atoms with van der Waals surface area (Å²) in [4.78, 5) is 36.3. The Bertz CT molecular complexity index is 1050. The van der Waals surface area contributed by atoms with Crippen molar-refractivity contribution >= 4 is 22.5 Å². The summed E-state index contributed by atoms with van der Waals surface area (Å²) in [5.74, 6) is 0.464. The molecule has 3 aromatic rings. The third-order valence-electron chi connectivity index (χ3n) is 3.45. The van der Waals surface area contributed by atoms with Crippen molar-refractivity contribution in [1.29, 1.82) is 0 Å². The van der Waals surface area contributed by atoms with E-state index in [9.17, 15) is 14.4 Å². The Morgan fingerprint density at radius 2 is 1.71 bits per heavy atom. The third-order valence-corrected chi connectivity index (χ3v) is 3.45. The molecule has 0 saturated heterocycles. The summed E-state index contributed by atoms with van der Waals surface area (Å²) in [6, 6.07) is 12.6. The smallest absolute Gasteiger partial charge is 0.339 e. The van der Waals surface area contributed by atoms with Crippen LogP contribution in [-0.2, 0) is 0 Å². The molecule has 0 saturated carbocycles. The molecule has 0 atom stereocenters. The van der Waals surface area contributed by atoms with Gasteiger partial charge in [-0.05, 0) is 30.3 Å². The number of methoxy groups -OCH3 is 1. The fraction of sp³-hybridized carbons (Fsp3) is 0.0588. The first kappa shape index (κ1) is 15.4. The van der Waals surface area contributed by atoms with E-state index in [-0.39, 0.29) is 16.1 Å². The lowest BCUT2D eigenvalue weighted by Gasteiger charge is -2.02. The van der Waals surface area contributed by atoms with E-state index in [1.165, 1.54) is 19.2 Å². The van der Waals surface area contributed by atoms with Crippen LogP contribution in [-0.4, -0.2) is 13.1 Å². The van der Waals surface area contributed by atoms with Crippen LogP contribution >= 0.6 is 0 Å². The van der Waals surface area contributed by atoms with Gasteiger partial charge < -0.3 is 10.1 Å². The van der Waals surface area contributed by atoms with E-state index in [0.29, 0.717) is 11.4 Å². The van der Waals surface area contributed by atoms with Gasteiger partial charge in [0, 0.05) is 16.5 Å². The number of anilines is 1. The van der Waals surface area contributed by atoms with Crippen LogP contribution in [0.4, 0.5) is 10.5 Å². The van der Waals surface area contributed by atoms with Gasteiger partial charge in [-0.3, -0.25) is 9.59 Å². The molecule has 0 spiro atoms. The molecule has 120 valence electrons. The lowest BCUT2D eigenvalue weighted by atomic mass is 10.2. The number of amides is 2. The van der Waals surface area contributed by atoms with Gasteiger partial charge in [0.25, 0.3) is 0 Å². The molecule has 0 aromatic heterocycles. The molecule has 2 amide bonds. The number of nitrogens with zero attached hydrogens (tertiary/aromatic N) is 1. The zero-order valence-electron chi connectivity index (χ0n) is 12.7. The van der Waals surface area contributed by atoms with Gasteiger partial charge in [0.1, 0.15) is 5.75 Å². The van der Waals surface area contributed by atoms with Gasteiger partial charge in [-0.2, -0.15) is 5.10 Å². The molecule has 0 aliphatic heterocycles. The summed E-state index contributed by atoms with van der Waals surface area (Å²) in [5, 5.41) is 6.32. The lowest BCUT2D eigenvalue weighted by Crippen LogP contribution is -2.36. The number of para-hydroxylation sites is 1. The number of hydrogen-bond donors (Lipinski definition) is 2. The summed E-state index contributed by atoms with van der Waals surface area (Å²) < 4.78 is 5.04. The van der Waals surface area contributed by atoms with Crippen LogP contribution in [0.5, 0.6) is 5.75 Å². The van der Waals surface area contributed by atoms with Crippen LogP contribution in [0.15, 0.2) is 63.2 Å². The van der Waals surface area contributed by atoms with Crippen LogP contribution < -0.4 is 31.7 Å². The molecule has 0 fully saturated rings. The van der Waals surface area contributed by atoms with Crippen molar-refractivity contribution in [2.24, 2.45) is 5.10 Å². The summed E-state index contributed by atoms with van der Waals surface area (Å²) in [6.07, 6.45) is 0. The highest BCUT2D eigenvalue weighted by Crippen LogP contribution is 2.14. The van der Waals surface area contributed by atoms with Crippen molar-refractivity contribution in [1.82, 2.24) is 5.43 Å². The average Bonchev–Trinajstić information content (AvgIpc) is 2.84. The number of urea groups is 1. The van der Waals surface area contributed by atoms with Crippen molar-refractivity contribution in [3.63, 3.8) is 0 Å². The first-order chi connectivity index (χ1) is 11.6. The minimum absolute atomic E-state index is 0.211. The van der Waals surface area contributed by atoms with Crippen molar-refractivity contribution in [3.05, 3.63) is 74.3 Å². The Kier molecular flexibility index (Phi) is 4.07. The lowest BCUT2D eigenvalue weighted by molar-refractivity contribution is 0.252. The van der Waals surface area contributed by atoms with E-state index in [4.69, 9.17) is 4.74 Å². The van der Waals surface area contributed by atoms with E-state index < -0.39 is 16.9 Å². The maximum atomic E-state index is 12.3. The van der Waals surface area contributed by atoms with E-state index in [1.807, 2.05) is 6.07 Å². The standard InChI is InChI=1S/C17H13N3O4/c1-24-11-7-8-12-13(9-11)16(22)14(15(12)21)19-20-17(23)18-10-5-3-2-4-6-10/h2-9H,1H3,(H2,18,20,23). The monoisotopic (exact) mass is 323 g/mol. The quantitative estimate of drug-likeness (QED) is 0.705. The van der Waals surface area contributed by atoms with E-state index in [1.54, 1.807) is 30.3 Å². The molecular weight excluding hydrogens is 310 g/mol. The summed E-state index contributed by atoms with van der Waals surface area (Å²) in [6.45, 7) is 0. The molecule has 0 aliphatic rings. The Hall–Kier alpha value is -3.48. The maximum Gasteiger partial charge on any atom is 0.339 e. The van der Waals surface area contributed by atoms with Gasteiger partial charge in [0.05, 0.1) is 7.11 Å². The fourth-order valence-electron chi connectivity index (χ4n) is 2.28. The first-order valence-corrected chi connectivity index (χ1v) is 7.07. The molecule has 3 aromatic carbocycles. The largest absolute Gasteiger partial charge is 0.497 e. The highest BCUT2D eigenvalue weighted by molar-refractivity contribution is 5.89. The minimum atomic E-state index is -0.650. The normalized spacial score (nSPS) is 11.5. The molecule has 0 unspecified atom stereocenters. The van der Waals surface area contributed by atoms with Crippen LogP contribution in [0.3, 0.4) is 0 Å². The number of benzene rings is 2. The number of fused-ring (bicyclic) bond motifs is 1. The molecule has 2 N–H and O–H groups in total. The Labute approximate surface area is 135 Å². The van der Waals surface area contributed by atoms with Gasteiger partial charge >= 0.3 is 6.03 Å². The number of ether oxygens (including phenoxy) is 1. The predicted octanol–water partition coefficient (Wildman–Crippen LogP) is 1.08. The van der Waals surface area contributed by atoms with Crippen molar-refractivity contribution in [3.8, 4) is 5.75 Å². The van der Waals surface area contributed by atoms with Crippen molar-refractivity contribution < 1.29 is 9.53 Å². The van der Waals surface area contributed by atoms with E-state index in [2.05, 4.69) is 15.8 Å². The maximum absolute atomic E-state index is 12.3. The molecular formula is C17H13N3O4. The minimum Gasteiger partial charge on any atom is -0.497 e. The summed E-state index contributed by atoms with van der Waals surface area (Å²) in [7, 11) is 1.47. The highest BCUT2D eigenvalue weighted by Gasteiger charge is 2.12. The van der Waals surface area contributed by atoms with Gasteiger partial charge in [0.2, 0.25) is 10.9 Å². The zero-order valence-corrected chi connectivity index (χ0v) is 12.7. The molecule has 0 radical (unpaired) electrons. The van der Waals surface area contributed by atoms with E-state index in [0.717, 1.165) is 0 Å². The third kappa shape index (κ3) is 2.87. The van der Waals surface area contributed by atoms with Crippen LogP contribution in [0.2, 0.25) is 0 Å². The zero-order chi connectivity index (χ0) is 17.1. The molecule has 0 bridgehead atoms. The summed E-state index contributed by atoms with van der Waals surface area (Å²) in [5.41, 5.74) is 1.65. The van der Waals surface area contributed by atoms with Crippen molar-refractivity contribution in [2.45, 2.75) is 0 Å². The van der Waals surface area contributed by atoms with Gasteiger partial charge in [-0.15, -0.1) is 0 Å². The Morgan fingerprint density at radius 3 is 2.42 bits per heavy atom. The number of rotatable bonds is 3. The SMILES string of the molecule is COc1ccc2c(=O)c(=NNC(=O)Nc3ccccc3)c(=O)c2c1. The second-order valence-electron chi connectivity index (χ2n) is 4.96. The van der Waals surface area contributed by atoms with Crippen LogP contribution in [0.25, 0.3) is 10.8 Å². The van der Waals surface area contributed by atoms with Crippen molar-refractivity contribution in [2.75, 3.05) is 12.4 Å². The van der Waals surface area contributed by atoms with Gasteiger partial charge in [0.15, 0.2) is 5.36 Å². The predicted molar refractivity (Wildman–Crippen MR) is 89.6 cm³/mol.